The van der Waals surface area contributed by atoms with Gasteiger partial charge in [0.05, 0.1) is 19.7 Å². The highest BCUT2D eigenvalue weighted by Crippen LogP contribution is 2.19. The Labute approximate surface area is 230 Å². The zero-order chi connectivity index (χ0) is 29.2. The van der Waals surface area contributed by atoms with Gasteiger partial charge in [0.25, 0.3) is 0 Å². The lowest BCUT2D eigenvalue weighted by Gasteiger charge is -2.23. The fourth-order valence-corrected chi connectivity index (χ4v) is 3.88. The number of ketones is 1. The van der Waals surface area contributed by atoms with Gasteiger partial charge in [-0.15, -0.1) is 6.58 Å². The highest BCUT2D eigenvalue weighted by Gasteiger charge is 2.30. The molecule has 39 heavy (non-hydrogen) atoms. The molecular weight excluding hydrogens is 502 g/mol. The summed E-state index contributed by atoms with van der Waals surface area (Å²) < 4.78 is 10.3. The van der Waals surface area contributed by atoms with Crippen molar-refractivity contribution in [3.8, 4) is 5.75 Å². The zero-order valence-corrected chi connectivity index (χ0v) is 22.9. The summed E-state index contributed by atoms with van der Waals surface area (Å²) in [7, 11) is 1.23. The minimum absolute atomic E-state index is 0.100. The molecule has 214 valence electrons. The fourth-order valence-electron chi connectivity index (χ4n) is 3.88. The average molecular weight is 545 g/mol. The van der Waals surface area contributed by atoms with E-state index >= 15 is 0 Å². The number of ether oxygens (including phenoxy) is 2. The van der Waals surface area contributed by atoms with Gasteiger partial charge in [-0.3, -0.25) is 30.8 Å². The average Bonchev–Trinajstić information content (AvgIpc) is 2.90. The van der Waals surface area contributed by atoms with Gasteiger partial charge >= 0.3 is 11.9 Å². The van der Waals surface area contributed by atoms with E-state index in [2.05, 4.69) is 28.8 Å². The van der Waals surface area contributed by atoms with Crippen molar-refractivity contribution in [1.82, 2.24) is 10.6 Å². The molecule has 0 aliphatic heterocycles. The van der Waals surface area contributed by atoms with Crippen LogP contribution in [0.2, 0.25) is 0 Å². The fraction of sp³-hybridized carbons (Fsp3) is 0.464. The Balaban J connectivity index is 3.05. The van der Waals surface area contributed by atoms with Crippen LogP contribution in [-0.2, 0) is 30.3 Å². The predicted octanol–water partition coefficient (Wildman–Crippen LogP) is -0.368. The number of benzene rings is 1. The summed E-state index contributed by atoms with van der Waals surface area (Å²) in [4.78, 5) is 53.4. The molecule has 1 aromatic carbocycles. The van der Waals surface area contributed by atoms with Gasteiger partial charge in [-0.05, 0) is 49.8 Å². The molecule has 2 amide bonds. The second kappa shape index (κ2) is 18.2. The number of rotatable bonds is 19. The van der Waals surface area contributed by atoms with Crippen molar-refractivity contribution in [3.05, 3.63) is 55.1 Å². The Bertz CT molecular complexity index is 1000. The first kappa shape index (κ1) is 32.9. The zero-order valence-electron chi connectivity index (χ0n) is 22.9. The molecule has 7 N–H and O–H groups in total. The Morgan fingerprint density at radius 3 is 2.28 bits per heavy atom. The summed E-state index contributed by atoms with van der Waals surface area (Å²) in [5, 5.41) is 5.39. The maximum absolute atomic E-state index is 13.4. The molecule has 0 saturated carbocycles. The van der Waals surface area contributed by atoms with E-state index in [4.69, 9.17) is 20.9 Å². The minimum Gasteiger partial charge on any atom is -0.490 e. The first-order valence-electron chi connectivity index (χ1n) is 12.8. The molecule has 0 unspecified atom stereocenters. The van der Waals surface area contributed by atoms with E-state index in [9.17, 15) is 19.2 Å². The number of methoxy groups -OCH3 is 1. The number of hydrogen-bond acceptors (Lipinski definition) is 6. The third-order valence-corrected chi connectivity index (χ3v) is 5.83. The van der Waals surface area contributed by atoms with Crippen LogP contribution < -0.4 is 31.8 Å². The van der Waals surface area contributed by atoms with Gasteiger partial charge in [0.1, 0.15) is 18.4 Å². The lowest BCUT2D eigenvalue weighted by Crippen LogP contribution is -2.78. The topological polar surface area (TPSA) is 177 Å². The van der Waals surface area contributed by atoms with Crippen molar-refractivity contribution in [3.63, 3.8) is 0 Å². The largest absolute Gasteiger partial charge is 0.490 e. The van der Waals surface area contributed by atoms with Gasteiger partial charge < -0.3 is 20.1 Å². The molecular formula is C28H42N5O6+. The lowest BCUT2D eigenvalue weighted by molar-refractivity contribution is -0.459. The third-order valence-electron chi connectivity index (χ3n) is 5.83. The smallest absolute Gasteiger partial charge is 0.338 e. The van der Waals surface area contributed by atoms with Crippen molar-refractivity contribution < 1.29 is 33.6 Å². The Morgan fingerprint density at radius 2 is 1.72 bits per heavy atom. The predicted molar refractivity (Wildman–Crippen MR) is 148 cm³/mol. The summed E-state index contributed by atoms with van der Waals surface area (Å²) in [6.45, 7) is 9.44. The van der Waals surface area contributed by atoms with E-state index in [0.717, 1.165) is 5.56 Å². The van der Waals surface area contributed by atoms with Crippen molar-refractivity contribution in [1.29, 1.82) is 0 Å². The number of esters is 1. The van der Waals surface area contributed by atoms with Crippen LogP contribution in [0.3, 0.4) is 0 Å². The number of carbonyl (C=O) groups is 4. The number of nitrogens with one attached hydrogen (secondary N) is 3. The SMILES string of the molecule is C=CCOc1ccc(C[C@H](NC(C)=O)C(=O)C[C@@H](CCCC[NH+]=C(N)N)C(=O)N[C@@H](CC=C)C(=O)OC)cc1. The normalized spacial score (nSPS) is 12.7. The standard InChI is InChI=1S/C28H41N5O6/c1-5-9-23(27(37)38-4)33-26(36)21(10-7-8-15-31-28(29)30)18-25(35)24(32-19(3)34)17-20-11-13-22(14-12-20)39-16-6-2/h5-6,11-14,21,23-24H,1-2,7-10,15-18H2,3-4H3,(H,32,34)(H,33,36)(H4,29,30,31)/p+1/t21-,23+,24+/m1/s1. The highest BCUT2D eigenvalue weighted by molar-refractivity contribution is 5.93. The van der Waals surface area contributed by atoms with Crippen LogP contribution in [-0.4, -0.2) is 61.9 Å². The number of unbranched alkanes of at least 4 members (excludes halogenated alkanes) is 1. The van der Waals surface area contributed by atoms with Crippen LogP contribution >= 0.6 is 0 Å². The number of guanidine groups is 1. The third kappa shape index (κ3) is 13.3. The van der Waals surface area contributed by atoms with Crippen molar-refractivity contribution in [2.45, 2.75) is 57.5 Å². The Kier molecular flexibility index (Phi) is 15.3. The summed E-state index contributed by atoms with van der Waals surface area (Å²) in [5.74, 6) is -1.71. The summed E-state index contributed by atoms with van der Waals surface area (Å²) in [6, 6.07) is 5.42. The number of hydrogen-bond donors (Lipinski definition) is 5. The van der Waals surface area contributed by atoms with E-state index < -0.39 is 29.9 Å². The van der Waals surface area contributed by atoms with E-state index in [1.165, 1.54) is 20.1 Å². The molecule has 0 fully saturated rings. The van der Waals surface area contributed by atoms with E-state index in [-0.39, 0.29) is 36.9 Å². The van der Waals surface area contributed by atoms with Crippen LogP contribution in [0.25, 0.3) is 0 Å². The summed E-state index contributed by atoms with van der Waals surface area (Å²) >= 11 is 0. The number of nitrogens with two attached hydrogens (primary N) is 2. The second-order valence-corrected chi connectivity index (χ2v) is 9.05. The first-order chi connectivity index (χ1) is 18.6. The molecule has 0 aromatic heterocycles. The van der Waals surface area contributed by atoms with Gasteiger partial charge in [0.2, 0.25) is 11.8 Å². The maximum atomic E-state index is 13.4. The Morgan fingerprint density at radius 1 is 1.03 bits per heavy atom. The quantitative estimate of drug-likeness (QED) is 0.0515. The van der Waals surface area contributed by atoms with Crippen molar-refractivity contribution in [2.24, 2.45) is 17.4 Å². The molecule has 0 aliphatic rings. The number of carbonyl (C=O) groups excluding carboxylic acids is 4. The molecule has 0 saturated heterocycles. The molecule has 1 aromatic rings. The summed E-state index contributed by atoms with van der Waals surface area (Å²) in [6.07, 6.45) is 5.04. The van der Waals surface area contributed by atoms with E-state index in [0.29, 0.717) is 38.2 Å². The van der Waals surface area contributed by atoms with Gasteiger partial charge in [0, 0.05) is 19.3 Å². The molecule has 0 bridgehead atoms. The first-order valence-corrected chi connectivity index (χ1v) is 12.8. The van der Waals surface area contributed by atoms with Crippen molar-refractivity contribution in [2.75, 3.05) is 20.3 Å². The Hall–Kier alpha value is -4.15. The second-order valence-electron chi connectivity index (χ2n) is 9.05. The van der Waals surface area contributed by atoms with Crippen LogP contribution in [0, 0.1) is 5.92 Å². The molecule has 1 rings (SSSR count). The summed E-state index contributed by atoms with van der Waals surface area (Å²) in [5.41, 5.74) is 11.6. The van der Waals surface area contributed by atoms with Crippen molar-refractivity contribution >= 4 is 29.5 Å². The van der Waals surface area contributed by atoms with Gasteiger partial charge in [-0.1, -0.05) is 30.9 Å². The maximum Gasteiger partial charge on any atom is 0.338 e. The molecule has 0 radical (unpaired) electrons. The lowest BCUT2D eigenvalue weighted by atomic mass is 9.90. The van der Waals surface area contributed by atoms with E-state index in [1.807, 2.05) is 12.1 Å². The van der Waals surface area contributed by atoms with Gasteiger partial charge in [-0.2, -0.15) is 0 Å². The molecule has 0 spiro atoms. The molecule has 11 heteroatoms. The van der Waals surface area contributed by atoms with Crippen LogP contribution in [0.1, 0.15) is 44.6 Å². The van der Waals surface area contributed by atoms with Gasteiger partial charge in [0.15, 0.2) is 5.78 Å². The van der Waals surface area contributed by atoms with E-state index in [1.54, 1.807) is 18.2 Å². The van der Waals surface area contributed by atoms with Gasteiger partial charge in [-0.25, -0.2) is 4.79 Å². The molecule has 0 heterocycles. The number of Topliss-reactive ketones (excluding diaryl/α,β-unsaturated/α-hetero) is 1. The molecule has 0 aliphatic carbocycles. The van der Waals surface area contributed by atoms with Crippen LogP contribution in [0.5, 0.6) is 5.75 Å². The van der Waals surface area contributed by atoms with Crippen LogP contribution in [0.15, 0.2) is 49.6 Å². The minimum atomic E-state index is -0.918. The molecule has 3 atom stereocenters. The number of amides is 2. The molecule has 11 nitrogen and oxygen atoms in total. The van der Waals surface area contributed by atoms with Crippen LogP contribution in [0.4, 0.5) is 0 Å². The highest BCUT2D eigenvalue weighted by atomic mass is 16.5. The monoisotopic (exact) mass is 544 g/mol.